The summed E-state index contributed by atoms with van der Waals surface area (Å²) in [7, 11) is 0. The second-order valence-corrected chi connectivity index (χ2v) is 4.96. The highest BCUT2D eigenvalue weighted by Crippen LogP contribution is 2.28. The number of nitrogens with two attached hydrogens (primary N) is 1. The fourth-order valence-electron chi connectivity index (χ4n) is 1.60. The number of carbonyl (C=O) groups excluding carboxylic acids is 2. The van der Waals surface area contributed by atoms with Crippen LogP contribution < -0.4 is 16.4 Å². The van der Waals surface area contributed by atoms with Gasteiger partial charge in [0.2, 0.25) is 5.91 Å². The van der Waals surface area contributed by atoms with Crippen LogP contribution in [0.5, 0.6) is 0 Å². The highest BCUT2D eigenvalue weighted by Gasteiger charge is 2.28. The molecule has 1 aromatic carbocycles. The normalized spacial score (nSPS) is 10.8. The smallest absolute Gasteiger partial charge is 0.292 e. The summed E-state index contributed by atoms with van der Waals surface area (Å²) in [6.45, 7) is 5.19. The molecule has 114 valence electrons. The fraction of sp³-hybridized carbons (Fsp3) is 0.385. The Hall–Kier alpha value is -2.64. The molecule has 0 aliphatic carbocycles. The Morgan fingerprint density at radius 1 is 1.38 bits per heavy atom. The predicted octanol–water partition coefficient (Wildman–Crippen LogP) is 1.02. The number of hydrogen-bond acceptors (Lipinski definition) is 5. The van der Waals surface area contributed by atoms with Crippen LogP contribution in [0.3, 0.4) is 0 Å². The van der Waals surface area contributed by atoms with E-state index in [2.05, 4.69) is 10.6 Å². The lowest BCUT2D eigenvalue weighted by molar-refractivity contribution is -0.384. The number of anilines is 1. The topological polar surface area (TPSA) is 127 Å². The van der Waals surface area contributed by atoms with E-state index in [9.17, 15) is 19.7 Å². The van der Waals surface area contributed by atoms with Crippen LogP contribution in [-0.2, 0) is 4.79 Å². The molecule has 0 heterocycles. The van der Waals surface area contributed by atoms with E-state index in [1.165, 1.54) is 32.0 Å². The van der Waals surface area contributed by atoms with Crippen molar-refractivity contribution in [3.8, 4) is 0 Å². The van der Waals surface area contributed by atoms with Crippen molar-refractivity contribution in [1.29, 1.82) is 0 Å². The lowest BCUT2D eigenvalue weighted by Crippen LogP contribution is -2.45. The lowest BCUT2D eigenvalue weighted by Gasteiger charge is -2.23. The SMILES string of the molecule is CCNC(=O)c1ccc([N+](=O)[O-])c(NC(C)(C)C(N)=O)c1. The zero-order chi connectivity index (χ0) is 16.2. The maximum absolute atomic E-state index is 11.8. The number of benzene rings is 1. The van der Waals surface area contributed by atoms with Gasteiger partial charge in [0.1, 0.15) is 11.2 Å². The van der Waals surface area contributed by atoms with Crippen LogP contribution in [-0.4, -0.2) is 28.8 Å². The average Bonchev–Trinajstić information content (AvgIpc) is 2.37. The molecule has 0 atom stereocenters. The third-order valence-corrected chi connectivity index (χ3v) is 2.86. The molecule has 0 saturated carbocycles. The molecule has 8 heteroatoms. The third kappa shape index (κ3) is 3.91. The molecule has 0 aromatic heterocycles. The minimum Gasteiger partial charge on any atom is -0.368 e. The Morgan fingerprint density at radius 3 is 2.48 bits per heavy atom. The number of carbonyl (C=O) groups is 2. The van der Waals surface area contributed by atoms with E-state index in [1.807, 2.05) is 0 Å². The molecular formula is C13H18N4O4. The second kappa shape index (κ2) is 6.21. The van der Waals surface area contributed by atoms with E-state index >= 15 is 0 Å². The van der Waals surface area contributed by atoms with Crippen molar-refractivity contribution in [2.24, 2.45) is 5.73 Å². The second-order valence-electron chi connectivity index (χ2n) is 4.96. The molecule has 1 rings (SSSR count). The number of primary amides is 1. The Bertz CT molecular complexity index is 584. The number of hydrogen-bond donors (Lipinski definition) is 3. The van der Waals surface area contributed by atoms with Crippen molar-refractivity contribution in [2.45, 2.75) is 26.3 Å². The minimum absolute atomic E-state index is 0.0625. The maximum Gasteiger partial charge on any atom is 0.292 e. The van der Waals surface area contributed by atoms with E-state index in [0.29, 0.717) is 6.54 Å². The zero-order valence-electron chi connectivity index (χ0n) is 12.1. The average molecular weight is 294 g/mol. The van der Waals surface area contributed by atoms with Crippen LogP contribution in [0.4, 0.5) is 11.4 Å². The van der Waals surface area contributed by atoms with E-state index in [0.717, 1.165) is 0 Å². The van der Waals surface area contributed by atoms with E-state index in [1.54, 1.807) is 6.92 Å². The van der Waals surface area contributed by atoms with Gasteiger partial charge in [-0.25, -0.2) is 0 Å². The molecule has 2 amide bonds. The summed E-state index contributed by atoms with van der Waals surface area (Å²) in [5.41, 5.74) is 4.13. The van der Waals surface area contributed by atoms with Gasteiger partial charge in [0.05, 0.1) is 4.92 Å². The van der Waals surface area contributed by atoms with Gasteiger partial charge in [-0.3, -0.25) is 19.7 Å². The molecule has 0 aliphatic heterocycles. The Balaban J connectivity index is 3.25. The molecule has 0 spiro atoms. The number of amides is 2. The Labute approximate surface area is 121 Å². The summed E-state index contributed by atoms with van der Waals surface area (Å²) in [6.07, 6.45) is 0. The molecule has 21 heavy (non-hydrogen) atoms. The van der Waals surface area contributed by atoms with Gasteiger partial charge in [-0.1, -0.05) is 0 Å². The van der Waals surface area contributed by atoms with Crippen LogP contribution in [0.15, 0.2) is 18.2 Å². The van der Waals surface area contributed by atoms with Crippen LogP contribution >= 0.6 is 0 Å². The highest BCUT2D eigenvalue weighted by atomic mass is 16.6. The number of rotatable bonds is 6. The van der Waals surface area contributed by atoms with Crippen molar-refractivity contribution in [3.63, 3.8) is 0 Å². The van der Waals surface area contributed by atoms with Gasteiger partial charge < -0.3 is 16.4 Å². The number of nitro groups is 1. The van der Waals surface area contributed by atoms with Gasteiger partial charge in [-0.2, -0.15) is 0 Å². The number of nitrogens with one attached hydrogen (secondary N) is 2. The Morgan fingerprint density at radius 2 is 2.00 bits per heavy atom. The van der Waals surface area contributed by atoms with Crippen molar-refractivity contribution in [1.82, 2.24) is 5.32 Å². The third-order valence-electron chi connectivity index (χ3n) is 2.86. The molecule has 4 N–H and O–H groups in total. The molecule has 8 nitrogen and oxygen atoms in total. The van der Waals surface area contributed by atoms with Gasteiger partial charge in [0.15, 0.2) is 0 Å². The molecule has 0 fully saturated rings. The summed E-state index contributed by atoms with van der Waals surface area (Å²) in [5, 5.41) is 16.3. The molecule has 0 saturated heterocycles. The van der Waals surface area contributed by atoms with E-state index in [4.69, 9.17) is 5.73 Å². The molecule has 0 unspecified atom stereocenters. The summed E-state index contributed by atoms with van der Waals surface area (Å²) in [5.74, 6) is -1.02. The first-order valence-corrected chi connectivity index (χ1v) is 6.33. The minimum atomic E-state index is -1.19. The first-order chi connectivity index (χ1) is 9.69. The molecule has 0 radical (unpaired) electrons. The highest BCUT2D eigenvalue weighted by molar-refractivity contribution is 5.96. The maximum atomic E-state index is 11.8. The standard InChI is InChI=1S/C13H18N4O4/c1-4-15-11(18)8-5-6-10(17(20)21)9(7-8)16-13(2,3)12(14)19/h5-7,16H,4H2,1-3H3,(H2,14,19)(H,15,18). The quantitative estimate of drug-likeness (QED) is 0.533. The zero-order valence-corrected chi connectivity index (χ0v) is 12.1. The Kier molecular flexibility index (Phi) is 4.85. The lowest BCUT2D eigenvalue weighted by atomic mass is 10.0. The van der Waals surface area contributed by atoms with E-state index in [-0.39, 0.29) is 22.8 Å². The molecule has 1 aromatic rings. The van der Waals surface area contributed by atoms with Crippen LogP contribution in [0.25, 0.3) is 0 Å². The van der Waals surface area contributed by atoms with Gasteiger partial charge >= 0.3 is 0 Å². The fourth-order valence-corrected chi connectivity index (χ4v) is 1.60. The van der Waals surface area contributed by atoms with Gasteiger partial charge in [0.25, 0.3) is 11.6 Å². The monoisotopic (exact) mass is 294 g/mol. The van der Waals surface area contributed by atoms with Gasteiger partial charge in [-0.05, 0) is 32.9 Å². The summed E-state index contributed by atoms with van der Waals surface area (Å²) in [4.78, 5) is 33.6. The number of nitrogens with zero attached hydrogens (tertiary/aromatic N) is 1. The van der Waals surface area contributed by atoms with Crippen LogP contribution in [0, 0.1) is 10.1 Å². The van der Waals surface area contributed by atoms with Crippen molar-refractivity contribution in [2.75, 3.05) is 11.9 Å². The number of nitro benzene ring substituents is 1. The molecule has 0 aliphatic rings. The first-order valence-electron chi connectivity index (χ1n) is 6.33. The first kappa shape index (κ1) is 16.4. The van der Waals surface area contributed by atoms with Gasteiger partial charge in [-0.15, -0.1) is 0 Å². The summed E-state index contributed by atoms with van der Waals surface area (Å²) < 4.78 is 0. The van der Waals surface area contributed by atoms with Gasteiger partial charge in [0, 0.05) is 18.2 Å². The summed E-state index contributed by atoms with van der Waals surface area (Å²) in [6, 6.07) is 3.89. The molecule has 0 bridgehead atoms. The van der Waals surface area contributed by atoms with E-state index < -0.39 is 16.4 Å². The summed E-state index contributed by atoms with van der Waals surface area (Å²) >= 11 is 0. The largest absolute Gasteiger partial charge is 0.368 e. The van der Waals surface area contributed by atoms with Crippen molar-refractivity contribution < 1.29 is 14.5 Å². The van der Waals surface area contributed by atoms with Crippen LogP contribution in [0.1, 0.15) is 31.1 Å². The van der Waals surface area contributed by atoms with Crippen molar-refractivity contribution >= 4 is 23.2 Å². The molecular weight excluding hydrogens is 276 g/mol. The predicted molar refractivity (Wildman–Crippen MR) is 78.0 cm³/mol. The van der Waals surface area contributed by atoms with Crippen molar-refractivity contribution in [3.05, 3.63) is 33.9 Å². The van der Waals surface area contributed by atoms with Crippen LogP contribution in [0.2, 0.25) is 0 Å².